The molecule has 0 aliphatic carbocycles. The number of aryl methyl sites for hydroxylation is 1. The molecular formula is C9H10BrN3. The zero-order chi connectivity index (χ0) is 9.42. The fraction of sp³-hybridized carbons (Fsp3) is 0.222. The van der Waals surface area contributed by atoms with Crippen LogP contribution in [-0.2, 0) is 13.6 Å². The van der Waals surface area contributed by atoms with Gasteiger partial charge in [-0.2, -0.15) is 5.10 Å². The normalized spacial score (nSPS) is 11.0. The molecule has 0 fully saturated rings. The van der Waals surface area contributed by atoms with Crippen LogP contribution in [0.4, 0.5) is 0 Å². The first-order chi connectivity index (χ1) is 6.20. The summed E-state index contributed by atoms with van der Waals surface area (Å²) in [5, 5.41) is 5.44. The van der Waals surface area contributed by atoms with E-state index in [1.54, 1.807) is 4.68 Å². The van der Waals surface area contributed by atoms with E-state index in [0.717, 1.165) is 20.9 Å². The molecule has 68 valence electrons. The van der Waals surface area contributed by atoms with E-state index in [4.69, 9.17) is 5.73 Å². The van der Waals surface area contributed by atoms with E-state index in [1.165, 1.54) is 0 Å². The summed E-state index contributed by atoms with van der Waals surface area (Å²) < 4.78 is 2.81. The second kappa shape index (κ2) is 3.12. The van der Waals surface area contributed by atoms with Gasteiger partial charge in [0.1, 0.15) is 5.52 Å². The van der Waals surface area contributed by atoms with Crippen LogP contribution in [0.25, 0.3) is 10.9 Å². The van der Waals surface area contributed by atoms with Crippen LogP contribution in [0.2, 0.25) is 0 Å². The molecule has 0 saturated heterocycles. The van der Waals surface area contributed by atoms with E-state index < -0.39 is 0 Å². The summed E-state index contributed by atoms with van der Waals surface area (Å²) in [6.45, 7) is 0.559. The molecule has 1 heterocycles. The van der Waals surface area contributed by atoms with Gasteiger partial charge in [0.05, 0.1) is 0 Å². The van der Waals surface area contributed by atoms with Gasteiger partial charge in [-0.3, -0.25) is 4.68 Å². The summed E-state index contributed by atoms with van der Waals surface area (Å²) in [7, 11) is 1.91. The van der Waals surface area contributed by atoms with Gasteiger partial charge in [-0.25, -0.2) is 0 Å². The molecule has 13 heavy (non-hydrogen) atoms. The van der Waals surface area contributed by atoms with Crippen molar-refractivity contribution in [3.63, 3.8) is 0 Å². The molecule has 1 aromatic heterocycles. The number of nitrogens with zero attached hydrogens (tertiary/aromatic N) is 2. The third-order valence-corrected chi connectivity index (χ3v) is 2.58. The van der Waals surface area contributed by atoms with E-state index in [1.807, 2.05) is 19.3 Å². The SMILES string of the molecule is Cn1cc2cc(CN)cc(Br)c2n1. The lowest BCUT2D eigenvalue weighted by Gasteiger charge is -1.97. The van der Waals surface area contributed by atoms with Crippen molar-refractivity contribution in [2.75, 3.05) is 0 Å². The average molecular weight is 240 g/mol. The topological polar surface area (TPSA) is 43.8 Å². The first kappa shape index (κ1) is 8.72. The molecule has 0 saturated carbocycles. The van der Waals surface area contributed by atoms with Crippen molar-refractivity contribution in [2.45, 2.75) is 6.54 Å². The highest BCUT2D eigenvalue weighted by Crippen LogP contribution is 2.24. The number of aromatic nitrogens is 2. The van der Waals surface area contributed by atoms with Gasteiger partial charge in [-0.05, 0) is 33.6 Å². The first-order valence-corrected chi connectivity index (χ1v) is 4.82. The number of rotatable bonds is 1. The third kappa shape index (κ3) is 1.47. The van der Waals surface area contributed by atoms with Crippen LogP contribution in [0.15, 0.2) is 22.8 Å². The first-order valence-electron chi connectivity index (χ1n) is 4.02. The van der Waals surface area contributed by atoms with Crippen molar-refractivity contribution in [1.29, 1.82) is 0 Å². The monoisotopic (exact) mass is 239 g/mol. The van der Waals surface area contributed by atoms with E-state index in [9.17, 15) is 0 Å². The second-order valence-corrected chi connectivity index (χ2v) is 3.88. The number of halogens is 1. The summed E-state index contributed by atoms with van der Waals surface area (Å²) in [5.41, 5.74) is 7.67. The maximum absolute atomic E-state index is 5.57. The minimum atomic E-state index is 0.559. The number of benzene rings is 1. The highest BCUT2D eigenvalue weighted by atomic mass is 79.9. The van der Waals surface area contributed by atoms with Gasteiger partial charge in [-0.15, -0.1) is 0 Å². The van der Waals surface area contributed by atoms with Crippen molar-refractivity contribution in [2.24, 2.45) is 12.8 Å². The third-order valence-electron chi connectivity index (χ3n) is 1.97. The van der Waals surface area contributed by atoms with Crippen LogP contribution in [0.3, 0.4) is 0 Å². The molecule has 0 spiro atoms. The van der Waals surface area contributed by atoms with Crippen molar-refractivity contribution >= 4 is 26.8 Å². The quantitative estimate of drug-likeness (QED) is 0.825. The Morgan fingerprint density at radius 2 is 2.31 bits per heavy atom. The highest BCUT2D eigenvalue weighted by Gasteiger charge is 2.04. The minimum Gasteiger partial charge on any atom is -0.326 e. The molecule has 0 atom stereocenters. The number of hydrogen-bond donors (Lipinski definition) is 1. The number of fused-ring (bicyclic) bond motifs is 1. The smallest absolute Gasteiger partial charge is 0.106 e. The Labute approximate surface area is 84.7 Å². The van der Waals surface area contributed by atoms with E-state index >= 15 is 0 Å². The molecule has 4 heteroatoms. The Hall–Kier alpha value is -0.870. The van der Waals surface area contributed by atoms with Crippen molar-refractivity contribution < 1.29 is 0 Å². The number of hydrogen-bond acceptors (Lipinski definition) is 2. The molecular weight excluding hydrogens is 230 g/mol. The van der Waals surface area contributed by atoms with Crippen LogP contribution in [0.1, 0.15) is 5.56 Å². The molecule has 0 bridgehead atoms. The maximum Gasteiger partial charge on any atom is 0.106 e. The molecule has 0 aliphatic heterocycles. The minimum absolute atomic E-state index is 0.559. The second-order valence-electron chi connectivity index (χ2n) is 3.02. The van der Waals surface area contributed by atoms with E-state index in [-0.39, 0.29) is 0 Å². The van der Waals surface area contributed by atoms with Crippen LogP contribution in [0.5, 0.6) is 0 Å². The summed E-state index contributed by atoms with van der Waals surface area (Å²) in [6.07, 6.45) is 1.99. The average Bonchev–Trinajstić information content (AvgIpc) is 2.46. The Kier molecular flexibility index (Phi) is 2.09. The summed E-state index contributed by atoms with van der Waals surface area (Å²) in [5.74, 6) is 0. The Morgan fingerprint density at radius 3 is 3.00 bits per heavy atom. The lowest BCUT2D eigenvalue weighted by Crippen LogP contribution is -1.95. The summed E-state index contributed by atoms with van der Waals surface area (Å²) >= 11 is 3.47. The predicted octanol–water partition coefficient (Wildman–Crippen LogP) is 1.79. The predicted molar refractivity (Wildman–Crippen MR) is 56.3 cm³/mol. The lowest BCUT2D eigenvalue weighted by atomic mass is 10.2. The van der Waals surface area contributed by atoms with Gasteiger partial charge >= 0.3 is 0 Å². The van der Waals surface area contributed by atoms with Gasteiger partial charge < -0.3 is 5.73 Å². The van der Waals surface area contributed by atoms with Crippen molar-refractivity contribution in [3.05, 3.63) is 28.4 Å². The number of nitrogens with two attached hydrogens (primary N) is 1. The van der Waals surface area contributed by atoms with Crippen molar-refractivity contribution in [3.8, 4) is 0 Å². The highest BCUT2D eigenvalue weighted by molar-refractivity contribution is 9.10. The van der Waals surface area contributed by atoms with Gasteiger partial charge in [0.15, 0.2) is 0 Å². The van der Waals surface area contributed by atoms with Gasteiger partial charge in [0.2, 0.25) is 0 Å². The molecule has 1 aromatic carbocycles. The van der Waals surface area contributed by atoms with Crippen LogP contribution in [0, 0.1) is 0 Å². The summed E-state index contributed by atoms with van der Waals surface area (Å²) in [6, 6.07) is 4.07. The van der Waals surface area contributed by atoms with Gasteiger partial charge in [-0.1, -0.05) is 0 Å². The fourth-order valence-electron chi connectivity index (χ4n) is 1.39. The zero-order valence-electron chi connectivity index (χ0n) is 7.29. The van der Waals surface area contributed by atoms with Crippen molar-refractivity contribution in [1.82, 2.24) is 9.78 Å². The Balaban J connectivity index is 2.75. The fourth-order valence-corrected chi connectivity index (χ4v) is 1.99. The molecule has 2 rings (SSSR count). The molecule has 2 aromatic rings. The molecule has 0 radical (unpaired) electrons. The zero-order valence-corrected chi connectivity index (χ0v) is 8.87. The van der Waals surface area contributed by atoms with Crippen LogP contribution >= 0.6 is 15.9 Å². The Bertz CT molecular complexity index is 447. The molecule has 0 unspecified atom stereocenters. The van der Waals surface area contributed by atoms with Gasteiger partial charge in [0.25, 0.3) is 0 Å². The standard InChI is InChI=1S/C9H10BrN3/c1-13-5-7-2-6(4-11)3-8(10)9(7)12-13/h2-3,5H,4,11H2,1H3. The summed E-state index contributed by atoms with van der Waals surface area (Å²) in [4.78, 5) is 0. The molecule has 2 N–H and O–H groups in total. The molecule has 3 nitrogen and oxygen atoms in total. The van der Waals surface area contributed by atoms with Gasteiger partial charge in [0, 0.05) is 29.6 Å². The molecule has 0 aliphatic rings. The van der Waals surface area contributed by atoms with Crippen LogP contribution < -0.4 is 5.73 Å². The van der Waals surface area contributed by atoms with E-state index in [0.29, 0.717) is 6.54 Å². The van der Waals surface area contributed by atoms with E-state index in [2.05, 4.69) is 27.1 Å². The lowest BCUT2D eigenvalue weighted by molar-refractivity contribution is 0.779. The molecule has 0 amide bonds. The largest absolute Gasteiger partial charge is 0.326 e. The Morgan fingerprint density at radius 1 is 1.54 bits per heavy atom. The maximum atomic E-state index is 5.57. The van der Waals surface area contributed by atoms with Crippen LogP contribution in [-0.4, -0.2) is 9.78 Å².